The van der Waals surface area contributed by atoms with Crippen molar-refractivity contribution in [3.8, 4) is 11.8 Å². The second kappa shape index (κ2) is 7.57. The molecule has 3 N–H and O–H groups in total. The third-order valence-corrected chi connectivity index (χ3v) is 6.32. The highest BCUT2D eigenvalue weighted by Crippen LogP contribution is 2.40. The van der Waals surface area contributed by atoms with E-state index >= 15 is 0 Å². The molecule has 0 fully saturated rings. The molecule has 29 heavy (non-hydrogen) atoms. The molecule has 5 nitrogen and oxygen atoms in total. The van der Waals surface area contributed by atoms with E-state index in [4.69, 9.17) is 5.73 Å². The van der Waals surface area contributed by atoms with E-state index in [1.54, 1.807) is 12.1 Å². The number of hydrogen-bond acceptors (Lipinski definition) is 5. The van der Waals surface area contributed by atoms with Gasteiger partial charge in [-0.1, -0.05) is 41.5 Å². The first kappa shape index (κ1) is 22.5. The summed E-state index contributed by atoms with van der Waals surface area (Å²) in [5.41, 5.74) is 7.28. The zero-order chi connectivity index (χ0) is 22.2. The van der Waals surface area contributed by atoms with Gasteiger partial charge in [0.1, 0.15) is 16.7 Å². The molecule has 0 heterocycles. The zero-order valence-electron chi connectivity index (χ0n) is 17.7. The van der Waals surface area contributed by atoms with Gasteiger partial charge in [-0.3, -0.25) is 0 Å². The van der Waals surface area contributed by atoms with Gasteiger partial charge in [-0.25, -0.2) is 8.42 Å². The second-order valence-corrected chi connectivity index (χ2v) is 11.1. The number of benzene rings is 2. The fourth-order valence-electron chi connectivity index (χ4n) is 2.98. The lowest BCUT2D eigenvalue weighted by molar-refractivity contribution is 0.423. The van der Waals surface area contributed by atoms with E-state index in [0.717, 1.165) is 0 Å². The van der Waals surface area contributed by atoms with Crippen molar-refractivity contribution < 1.29 is 13.5 Å². The molecule has 0 saturated heterocycles. The highest BCUT2D eigenvalue weighted by molar-refractivity contribution is 7.95. The van der Waals surface area contributed by atoms with Crippen molar-refractivity contribution in [3.05, 3.63) is 58.0 Å². The van der Waals surface area contributed by atoms with E-state index in [9.17, 15) is 18.8 Å². The Morgan fingerprint density at radius 2 is 1.45 bits per heavy atom. The van der Waals surface area contributed by atoms with Crippen LogP contribution in [0.15, 0.2) is 46.2 Å². The Labute approximate surface area is 173 Å². The van der Waals surface area contributed by atoms with Crippen LogP contribution in [-0.2, 0) is 20.7 Å². The highest BCUT2D eigenvalue weighted by atomic mass is 32.2. The Hall–Kier alpha value is -2.78. The molecule has 2 rings (SSSR count). The second-order valence-electron chi connectivity index (χ2n) is 9.16. The molecule has 0 saturated carbocycles. The van der Waals surface area contributed by atoms with Crippen LogP contribution in [0, 0.1) is 11.3 Å². The number of phenolic OH excluding ortho intramolecular Hbond substituents is 1. The van der Waals surface area contributed by atoms with Crippen molar-refractivity contribution in [2.75, 3.05) is 5.73 Å². The van der Waals surface area contributed by atoms with E-state index in [0.29, 0.717) is 22.4 Å². The Kier molecular flexibility index (Phi) is 5.87. The summed E-state index contributed by atoms with van der Waals surface area (Å²) in [5, 5.41) is 20.4. The Balaban J connectivity index is 2.73. The number of allylic oxidation sites excluding steroid dienone is 1. The summed E-state index contributed by atoms with van der Waals surface area (Å²) in [5.74, 6) is 0.196. The lowest BCUT2D eigenvalue weighted by Gasteiger charge is -2.28. The molecule has 0 radical (unpaired) electrons. The third kappa shape index (κ3) is 4.80. The summed E-state index contributed by atoms with van der Waals surface area (Å²) >= 11 is 0. The molecule has 0 unspecified atom stereocenters. The van der Waals surface area contributed by atoms with E-state index in [1.807, 2.05) is 47.6 Å². The first-order chi connectivity index (χ1) is 13.2. The number of phenols is 1. The van der Waals surface area contributed by atoms with Gasteiger partial charge in [0.25, 0.3) is 0 Å². The summed E-state index contributed by atoms with van der Waals surface area (Å²) in [6.07, 6.45) is 1.36. The van der Waals surface area contributed by atoms with Gasteiger partial charge < -0.3 is 10.8 Å². The summed E-state index contributed by atoms with van der Waals surface area (Å²) in [7, 11) is -3.99. The Bertz CT molecular complexity index is 1060. The highest BCUT2D eigenvalue weighted by Gasteiger charge is 2.27. The number of nitrogens with zero attached hydrogens (tertiary/aromatic N) is 1. The lowest BCUT2D eigenvalue weighted by atomic mass is 9.78. The number of rotatable bonds is 3. The van der Waals surface area contributed by atoms with Crippen LogP contribution in [0.4, 0.5) is 5.69 Å². The van der Waals surface area contributed by atoms with E-state index in [-0.39, 0.29) is 26.4 Å². The maximum atomic E-state index is 12.9. The predicted molar refractivity (Wildman–Crippen MR) is 117 cm³/mol. The quantitative estimate of drug-likeness (QED) is 0.551. The molecule has 0 amide bonds. The molecule has 0 atom stereocenters. The van der Waals surface area contributed by atoms with Gasteiger partial charge in [-0.15, -0.1) is 0 Å². The minimum Gasteiger partial charge on any atom is -0.507 e. The predicted octanol–water partition coefficient (Wildman–Crippen LogP) is 4.91. The number of sulfone groups is 1. The maximum Gasteiger partial charge on any atom is 0.216 e. The van der Waals surface area contributed by atoms with Gasteiger partial charge in [0.05, 0.1) is 4.90 Å². The first-order valence-corrected chi connectivity index (χ1v) is 10.8. The van der Waals surface area contributed by atoms with Gasteiger partial charge in [0.2, 0.25) is 9.84 Å². The molecule has 0 aliphatic heterocycles. The fourth-order valence-corrected chi connectivity index (χ4v) is 4.14. The van der Waals surface area contributed by atoms with Crippen LogP contribution in [0.1, 0.15) is 58.2 Å². The number of anilines is 1. The van der Waals surface area contributed by atoms with Crippen LogP contribution in [0.5, 0.6) is 5.75 Å². The van der Waals surface area contributed by atoms with Crippen molar-refractivity contribution in [1.82, 2.24) is 0 Å². The van der Waals surface area contributed by atoms with Crippen LogP contribution in [0.3, 0.4) is 0 Å². The number of hydrogen-bond donors (Lipinski definition) is 2. The molecule has 2 aromatic rings. The van der Waals surface area contributed by atoms with Crippen molar-refractivity contribution in [1.29, 1.82) is 5.26 Å². The van der Waals surface area contributed by atoms with Gasteiger partial charge in [0.15, 0.2) is 0 Å². The van der Waals surface area contributed by atoms with Crippen molar-refractivity contribution >= 4 is 21.6 Å². The average molecular weight is 413 g/mol. The zero-order valence-corrected chi connectivity index (χ0v) is 18.6. The van der Waals surface area contributed by atoms with Crippen LogP contribution in [-0.4, -0.2) is 13.5 Å². The van der Waals surface area contributed by atoms with Crippen molar-refractivity contribution in [3.63, 3.8) is 0 Å². The molecular formula is C23H28N2O3S. The average Bonchev–Trinajstić information content (AvgIpc) is 2.58. The van der Waals surface area contributed by atoms with Crippen LogP contribution < -0.4 is 5.73 Å². The maximum absolute atomic E-state index is 12.9. The third-order valence-electron chi connectivity index (χ3n) is 4.64. The molecule has 0 bridgehead atoms. The minimum absolute atomic E-state index is 0.00497. The molecule has 0 aliphatic rings. The van der Waals surface area contributed by atoms with Gasteiger partial charge in [0, 0.05) is 16.8 Å². The largest absolute Gasteiger partial charge is 0.507 e. The SMILES string of the molecule is CC(C)(C)c1cc(/C=C(/C#N)S(=O)(=O)c2ccc(N)cc2)cc(C(C)(C)C)c1O. The molecule has 6 heteroatoms. The summed E-state index contributed by atoms with van der Waals surface area (Å²) in [4.78, 5) is -0.363. The Morgan fingerprint density at radius 1 is 1.00 bits per heavy atom. The number of aromatic hydroxyl groups is 1. The van der Waals surface area contributed by atoms with Crippen LogP contribution >= 0.6 is 0 Å². The van der Waals surface area contributed by atoms with Crippen LogP contribution in [0.2, 0.25) is 0 Å². The summed E-state index contributed by atoms with van der Waals surface area (Å²) in [6.45, 7) is 11.8. The fraction of sp³-hybridized carbons (Fsp3) is 0.348. The summed E-state index contributed by atoms with van der Waals surface area (Å²) < 4.78 is 25.9. The van der Waals surface area contributed by atoms with Gasteiger partial charge in [-0.05, 0) is 58.9 Å². The van der Waals surface area contributed by atoms with Crippen molar-refractivity contribution in [2.24, 2.45) is 0 Å². The minimum atomic E-state index is -3.99. The van der Waals surface area contributed by atoms with E-state index in [1.165, 1.54) is 30.3 Å². The molecular weight excluding hydrogens is 384 g/mol. The van der Waals surface area contributed by atoms with E-state index < -0.39 is 9.84 Å². The molecule has 2 aromatic carbocycles. The van der Waals surface area contributed by atoms with Gasteiger partial charge >= 0.3 is 0 Å². The Morgan fingerprint density at radius 3 is 1.83 bits per heavy atom. The lowest BCUT2D eigenvalue weighted by Crippen LogP contribution is -2.17. The standard InChI is InChI=1S/C23H28N2O3S/c1-22(2,3)19-12-15(13-20(21(19)26)23(4,5)6)11-18(14-24)29(27,28)17-9-7-16(25)8-10-17/h7-13,26H,25H2,1-6H3/b18-11-. The molecule has 154 valence electrons. The first-order valence-electron chi connectivity index (χ1n) is 9.28. The van der Waals surface area contributed by atoms with Gasteiger partial charge in [-0.2, -0.15) is 5.26 Å². The molecule has 0 spiro atoms. The molecule has 0 aromatic heterocycles. The van der Waals surface area contributed by atoms with Crippen molar-refractivity contribution in [2.45, 2.75) is 57.3 Å². The van der Waals surface area contributed by atoms with E-state index in [2.05, 4.69) is 0 Å². The monoisotopic (exact) mass is 412 g/mol. The number of nitrogen functional groups attached to an aromatic ring is 1. The summed E-state index contributed by atoms with van der Waals surface area (Å²) in [6, 6.07) is 11.0. The van der Waals surface area contributed by atoms with Crippen LogP contribution in [0.25, 0.3) is 6.08 Å². The normalized spacial score (nSPS) is 13.2. The smallest absolute Gasteiger partial charge is 0.216 e. The number of nitrogens with two attached hydrogens (primary N) is 1. The number of nitriles is 1. The molecule has 0 aliphatic carbocycles. The topological polar surface area (TPSA) is 104 Å².